The Kier molecular flexibility index (Phi) is 8.33. The van der Waals surface area contributed by atoms with Crippen molar-refractivity contribution in [1.29, 1.82) is 0 Å². The van der Waals surface area contributed by atoms with Crippen LogP contribution in [0.4, 0.5) is 0 Å². The number of carbonyl (C=O) groups is 1. The number of nitrogens with one attached hydrogen (secondary N) is 2. The Labute approximate surface area is 92.4 Å². The molecule has 0 aliphatic rings. The molecule has 4 heteroatoms. The minimum absolute atomic E-state index is 0.0419. The Morgan fingerprint density at radius 1 is 1.27 bits per heavy atom. The molecule has 0 spiro atoms. The normalized spacial score (nSPS) is 12.9. The molecule has 0 aromatic rings. The lowest BCUT2D eigenvalue weighted by molar-refractivity contribution is -0.121. The van der Waals surface area contributed by atoms with E-state index >= 15 is 0 Å². The topological polar surface area (TPSA) is 61.4 Å². The predicted molar refractivity (Wildman–Crippen MR) is 61.6 cm³/mol. The van der Waals surface area contributed by atoms with Crippen LogP contribution >= 0.6 is 0 Å². The third-order valence-electron chi connectivity index (χ3n) is 2.44. The molecule has 90 valence electrons. The Morgan fingerprint density at radius 3 is 2.47 bits per heavy atom. The van der Waals surface area contributed by atoms with Crippen LogP contribution in [0.3, 0.4) is 0 Å². The zero-order valence-electron chi connectivity index (χ0n) is 10.0. The monoisotopic (exact) mass is 216 g/mol. The van der Waals surface area contributed by atoms with Crippen molar-refractivity contribution in [2.75, 3.05) is 19.7 Å². The van der Waals surface area contributed by atoms with Crippen LogP contribution in [0.5, 0.6) is 0 Å². The molecule has 3 N–H and O–H groups in total. The molecule has 0 aromatic heterocycles. The van der Waals surface area contributed by atoms with E-state index in [1.165, 1.54) is 0 Å². The number of amides is 1. The number of rotatable bonds is 8. The average molecular weight is 216 g/mol. The molecule has 15 heavy (non-hydrogen) atoms. The first-order valence-electron chi connectivity index (χ1n) is 5.69. The van der Waals surface area contributed by atoms with E-state index in [0.29, 0.717) is 12.5 Å². The van der Waals surface area contributed by atoms with E-state index in [1.54, 1.807) is 0 Å². The van der Waals surface area contributed by atoms with Gasteiger partial charge in [0, 0.05) is 12.6 Å². The van der Waals surface area contributed by atoms with Crippen LogP contribution in [-0.2, 0) is 4.79 Å². The lowest BCUT2D eigenvalue weighted by Gasteiger charge is -2.17. The number of hydrogen-bond donors (Lipinski definition) is 3. The van der Waals surface area contributed by atoms with Gasteiger partial charge in [-0.05, 0) is 32.2 Å². The molecule has 0 aliphatic carbocycles. The van der Waals surface area contributed by atoms with E-state index in [-0.39, 0.29) is 18.6 Å². The smallest absolute Gasteiger partial charge is 0.234 e. The van der Waals surface area contributed by atoms with Gasteiger partial charge >= 0.3 is 0 Å². The average Bonchev–Trinajstić information content (AvgIpc) is 2.17. The van der Waals surface area contributed by atoms with Crippen molar-refractivity contribution in [2.45, 2.75) is 39.7 Å². The molecule has 0 aliphatic heterocycles. The molecule has 0 aromatic carbocycles. The zero-order chi connectivity index (χ0) is 11.7. The van der Waals surface area contributed by atoms with Gasteiger partial charge in [0.1, 0.15) is 0 Å². The van der Waals surface area contributed by atoms with Crippen LogP contribution in [0.25, 0.3) is 0 Å². The summed E-state index contributed by atoms with van der Waals surface area (Å²) < 4.78 is 0. The van der Waals surface area contributed by atoms with E-state index in [2.05, 4.69) is 24.5 Å². The van der Waals surface area contributed by atoms with Crippen molar-refractivity contribution in [3.8, 4) is 0 Å². The summed E-state index contributed by atoms with van der Waals surface area (Å²) >= 11 is 0. The molecule has 0 rings (SSSR count). The van der Waals surface area contributed by atoms with Crippen LogP contribution < -0.4 is 10.6 Å². The number of aliphatic hydroxyl groups is 1. The van der Waals surface area contributed by atoms with Gasteiger partial charge in [0.15, 0.2) is 0 Å². The molecule has 0 heterocycles. The highest BCUT2D eigenvalue weighted by Gasteiger charge is 2.09. The Bertz CT molecular complexity index is 172. The van der Waals surface area contributed by atoms with Gasteiger partial charge in [-0.2, -0.15) is 0 Å². The summed E-state index contributed by atoms with van der Waals surface area (Å²) in [6, 6.07) is 0.219. The van der Waals surface area contributed by atoms with Crippen LogP contribution in [0, 0.1) is 5.92 Å². The molecule has 4 nitrogen and oxygen atoms in total. The Morgan fingerprint density at radius 2 is 1.93 bits per heavy atom. The highest BCUT2D eigenvalue weighted by atomic mass is 16.2. The quantitative estimate of drug-likeness (QED) is 0.518. The van der Waals surface area contributed by atoms with Gasteiger partial charge in [0.05, 0.1) is 6.54 Å². The van der Waals surface area contributed by atoms with Gasteiger partial charge in [0.2, 0.25) is 5.91 Å². The van der Waals surface area contributed by atoms with Crippen LogP contribution in [0.1, 0.15) is 33.6 Å². The standard InChI is InChI=1S/C11H24N2O2/c1-9(2)10(3)13-11(15)8-12-6-4-5-7-14/h9-10,12,14H,4-8H2,1-3H3,(H,13,15). The third kappa shape index (κ3) is 8.39. The van der Waals surface area contributed by atoms with Crippen LogP contribution in [0.2, 0.25) is 0 Å². The van der Waals surface area contributed by atoms with E-state index in [0.717, 1.165) is 19.4 Å². The van der Waals surface area contributed by atoms with E-state index in [9.17, 15) is 4.79 Å². The number of carbonyl (C=O) groups excluding carboxylic acids is 1. The summed E-state index contributed by atoms with van der Waals surface area (Å²) in [5, 5.41) is 14.5. The zero-order valence-corrected chi connectivity index (χ0v) is 10.0. The molecule has 1 unspecified atom stereocenters. The lowest BCUT2D eigenvalue weighted by atomic mass is 10.1. The first kappa shape index (κ1) is 14.4. The second-order valence-electron chi connectivity index (χ2n) is 4.21. The van der Waals surface area contributed by atoms with E-state index < -0.39 is 0 Å². The largest absolute Gasteiger partial charge is 0.396 e. The van der Waals surface area contributed by atoms with Crippen molar-refractivity contribution < 1.29 is 9.90 Å². The van der Waals surface area contributed by atoms with E-state index in [4.69, 9.17) is 5.11 Å². The first-order valence-corrected chi connectivity index (χ1v) is 5.69. The highest BCUT2D eigenvalue weighted by molar-refractivity contribution is 5.78. The molecule has 0 saturated heterocycles. The molecular formula is C11H24N2O2. The number of aliphatic hydroxyl groups excluding tert-OH is 1. The van der Waals surface area contributed by atoms with Crippen molar-refractivity contribution in [2.24, 2.45) is 5.92 Å². The van der Waals surface area contributed by atoms with Crippen molar-refractivity contribution in [1.82, 2.24) is 10.6 Å². The minimum atomic E-state index is 0.0419. The molecule has 1 atom stereocenters. The summed E-state index contributed by atoms with van der Waals surface area (Å²) in [6.07, 6.45) is 1.69. The molecule has 0 bridgehead atoms. The fourth-order valence-corrected chi connectivity index (χ4v) is 1.04. The van der Waals surface area contributed by atoms with Crippen LogP contribution in [-0.4, -0.2) is 36.8 Å². The second-order valence-corrected chi connectivity index (χ2v) is 4.21. The van der Waals surface area contributed by atoms with Gasteiger partial charge in [-0.3, -0.25) is 4.79 Å². The number of hydrogen-bond acceptors (Lipinski definition) is 3. The Balaban J connectivity index is 3.41. The van der Waals surface area contributed by atoms with Gasteiger partial charge in [-0.1, -0.05) is 13.8 Å². The van der Waals surface area contributed by atoms with Crippen molar-refractivity contribution in [3.05, 3.63) is 0 Å². The SMILES string of the molecule is CC(C)C(C)NC(=O)CNCCCCO. The fraction of sp³-hybridized carbons (Fsp3) is 0.909. The van der Waals surface area contributed by atoms with Crippen LogP contribution in [0.15, 0.2) is 0 Å². The summed E-state index contributed by atoms with van der Waals surface area (Å²) in [5.41, 5.74) is 0. The molecule has 0 saturated carbocycles. The number of unbranched alkanes of at least 4 members (excludes halogenated alkanes) is 1. The van der Waals surface area contributed by atoms with E-state index in [1.807, 2.05) is 6.92 Å². The molecular weight excluding hydrogens is 192 g/mol. The van der Waals surface area contributed by atoms with Crippen molar-refractivity contribution in [3.63, 3.8) is 0 Å². The van der Waals surface area contributed by atoms with Gasteiger partial charge in [0.25, 0.3) is 0 Å². The Hall–Kier alpha value is -0.610. The summed E-state index contributed by atoms with van der Waals surface area (Å²) in [5.74, 6) is 0.503. The van der Waals surface area contributed by atoms with Gasteiger partial charge < -0.3 is 15.7 Å². The maximum Gasteiger partial charge on any atom is 0.234 e. The molecule has 1 amide bonds. The summed E-state index contributed by atoms with van der Waals surface area (Å²) in [7, 11) is 0. The maximum absolute atomic E-state index is 11.4. The van der Waals surface area contributed by atoms with Gasteiger partial charge in [-0.15, -0.1) is 0 Å². The molecule has 0 fully saturated rings. The maximum atomic E-state index is 11.4. The van der Waals surface area contributed by atoms with Crippen molar-refractivity contribution >= 4 is 5.91 Å². The fourth-order valence-electron chi connectivity index (χ4n) is 1.04. The second kappa shape index (κ2) is 8.68. The summed E-state index contributed by atoms with van der Waals surface area (Å²) in [6.45, 7) is 7.54. The first-order chi connectivity index (χ1) is 7.07. The summed E-state index contributed by atoms with van der Waals surface area (Å²) in [4.78, 5) is 11.4. The highest BCUT2D eigenvalue weighted by Crippen LogP contribution is 1.98. The molecule has 0 radical (unpaired) electrons. The lowest BCUT2D eigenvalue weighted by Crippen LogP contribution is -2.41. The minimum Gasteiger partial charge on any atom is -0.396 e. The third-order valence-corrected chi connectivity index (χ3v) is 2.44. The van der Waals surface area contributed by atoms with Gasteiger partial charge in [-0.25, -0.2) is 0 Å². The predicted octanol–water partition coefficient (Wildman–Crippen LogP) is 0.509.